The van der Waals surface area contributed by atoms with Gasteiger partial charge in [0.15, 0.2) is 11.5 Å². The summed E-state index contributed by atoms with van der Waals surface area (Å²) in [5.74, 6) is -0.342. The number of carbonyl (C=O) groups is 1. The lowest BCUT2D eigenvalue weighted by Gasteiger charge is -2.23. The number of ether oxygens (including phenoxy) is 1. The fourth-order valence-electron chi connectivity index (χ4n) is 2.89. The first kappa shape index (κ1) is 24.3. The Labute approximate surface area is 200 Å². The van der Waals surface area contributed by atoms with Crippen molar-refractivity contribution in [1.29, 1.82) is 0 Å². The number of carbonyl (C=O) groups excluding carboxylic acids is 1. The molecule has 0 aromatic heterocycles. The van der Waals surface area contributed by atoms with E-state index in [2.05, 4.69) is 26.5 Å². The van der Waals surface area contributed by atoms with E-state index in [1.54, 1.807) is 61.5 Å². The Morgan fingerprint density at radius 3 is 2.58 bits per heavy atom. The van der Waals surface area contributed by atoms with Crippen molar-refractivity contribution in [3.8, 4) is 11.5 Å². The van der Waals surface area contributed by atoms with E-state index in [1.165, 1.54) is 24.4 Å². The van der Waals surface area contributed by atoms with Gasteiger partial charge in [-0.15, -0.1) is 0 Å². The molecule has 0 aliphatic rings. The molecule has 0 atom stereocenters. The maximum absolute atomic E-state index is 13.3. The molecule has 0 fully saturated rings. The van der Waals surface area contributed by atoms with Gasteiger partial charge < -0.3 is 9.84 Å². The van der Waals surface area contributed by atoms with Crippen LogP contribution in [0.15, 0.2) is 87.3 Å². The molecule has 0 bridgehead atoms. The molecular formula is C23H22BrN3O5S. The SMILES string of the molecule is CCOc1cc(/C=N\NC(=O)CN(c2cccc(Br)c2)S(=O)(=O)c2ccccc2)ccc1O. The summed E-state index contributed by atoms with van der Waals surface area (Å²) in [4.78, 5) is 12.7. The Balaban J connectivity index is 1.80. The van der Waals surface area contributed by atoms with Gasteiger partial charge in [0.05, 0.1) is 23.4 Å². The Hall–Kier alpha value is -3.37. The molecule has 0 unspecified atom stereocenters. The van der Waals surface area contributed by atoms with Crippen LogP contribution < -0.4 is 14.5 Å². The molecule has 0 spiro atoms. The standard InChI is InChI=1S/C23H22BrN3O5S/c1-2-32-22-13-17(11-12-21(22)28)15-25-26-23(29)16-27(19-8-6-7-18(24)14-19)33(30,31)20-9-4-3-5-10-20/h3-15,28H,2,16H2,1H3,(H,26,29)/b25-15-. The van der Waals surface area contributed by atoms with E-state index in [0.29, 0.717) is 28.1 Å². The first-order valence-electron chi connectivity index (χ1n) is 9.92. The lowest BCUT2D eigenvalue weighted by molar-refractivity contribution is -0.119. The number of hydrazone groups is 1. The number of phenols is 1. The average molecular weight is 532 g/mol. The van der Waals surface area contributed by atoms with E-state index < -0.39 is 22.5 Å². The summed E-state index contributed by atoms with van der Waals surface area (Å²) in [5.41, 5.74) is 3.25. The van der Waals surface area contributed by atoms with Gasteiger partial charge in [0.2, 0.25) is 0 Å². The Morgan fingerprint density at radius 1 is 1.12 bits per heavy atom. The quantitative estimate of drug-likeness (QED) is 0.321. The molecule has 2 N–H and O–H groups in total. The van der Waals surface area contributed by atoms with Gasteiger partial charge >= 0.3 is 0 Å². The molecule has 172 valence electrons. The van der Waals surface area contributed by atoms with Crippen molar-refractivity contribution in [2.75, 3.05) is 17.5 Å². The third-order valence-electron chi connectivity index (χ3n) is 4.40. The average Bonchev–Trinajstić information content (AvgIpc) is 2.80. The fourth-order valence-corrected chi connectivity index (χ4v) is 4.71. The van der Waals surface area contributed by atoms with Gasteiger partial charge in [0.1, 0.15) is 6.54 Å². The molecule has 10 heteroatoms. The number of halogens is 1. The highest BCUT2D eigenvalue weighted by Crippen LogP contribution is 2.27. The van der Waals surface area contributed by atoms with Crippen LogP contribution in [0.1, 0.15) is 12.5 Å². The molecule has 0 radical (unpaired) electrons. The minimum Gasteiger partial charge on any atom is -0.504 e. The third kappa shape index (κ3) is 6.33. The second kappa shape index (κ2) is 11.0. The Bertz CT molecular complexity index is 1250. The summed E-state index contributed by atoms with van der Waals surface area (Å²) in [5, 5.41) is 13.7. The first-order valence-corrected chi connectivity index (χ1v) is 12.2. The molecular weight excluding hydrogens is 510 g/mol. The Kier molecular flexibility index (Phi) is 8.07. The van der Waals surface area contributed by atoms with Crippen LogP contribution >= 0.6 is 15.9 Å². The maximum atomic E-state index is 13.3. The second-order valence-corrected chi connectivity index (χ2v) is 9.54. The van der Waals surface area contributed by atoms with Crippen molar-refractivity contribution in [3.05, 3.63) is 82.8 Å². The van der Waals surface area contributed by atoms with Gasteiger partial charge in [-0.3, -0.25) is 9.10 Å². The summed E-state index contributed by atoms with van der Waals surface area (Å²) in [6, 6.07) is 19.2. The summed E-state index contributed by atoms with van der Waals surface area (Å²) in [6.45, 7) is 1.69. The van der Waals surface area contributed by atoms with Crippen LogP contribution in [0.4, 0.5) is 5.69 Å². The Morgan fingerprint density at radius 2 is 1.88 bits per heavy atom. The minimum absolute atomic E-state index is 0.00572. The van der Waals surface area contributed by atoms with Crippen molar-refractivity contribution < 1.29 is 23.1 Å². The van der Waals surface area contributed by atoms with Gasteiger partial charge in [-0.05, 0) is 61.0 Å². The monoisotopic (exact) mass is 531 g/mol. The van der Waals surface area contributed by atoms with Crippen molar-refractivity contribution >= 4 is 43.8 Å². The van der Waals surface area contributed by atoms with Crippen LogP contribution in [-0.4, -0.2) is 38.8 Å². The van der Waals surface area contributed by atoms with E-state index >= 15 is 0 Å². The normalized spacial score (nSPS) is 11.3. The molecule has 0 saturated carbocycles. The molecule has 3 rings (SSSR count). The summed E-state index contributed by atoms with van der Waals surface area (Å²) >= 11 is 3.34. The lowest BCUT2D eigenvalue weighted by atomic mass is 10.2. The third-order valence-corrected chi connectivity index (χ3v) is 6.68. The summed E-state index contributed by atoms with van der Waals surface area (Å²) in [6.07, 6.45) is 1.37. The van der Waals surface area contributed by atoms with E-state index in [9.17, 15) is 18.3 Å². The minimum atomic E-state index is -4.00. The van der Waals surface area contributed by atoms with Gasteiger partial charge in [0.25, 0.3) is 15.9 Å². The zero-order chi connectivity index (χ0) is 23.8. The zero-order valence-corrected chi connectivity index (χ0v) is 20.1. The van der Waals surface area contributed by atoms with Crippen LogP contribution in [0.5, 0.6) is 11.5 Å². The number of anilines is 1. The highest BCUT2D eigenvalue weighted by Gasteiger charge is 2.27. The number of hydrogen-bond acceptors (Lipinski definition) is 6. The van der Waals surface area contributed by atoms with Crippen molar-refractivity contribution in [3.63, 3.8) is 0 Å². The van der Waals surface area contributed by atoms with Crippen LogP contribution in [0.3, 0.4) is 0 Å². The van der Waals surface area contributed by atoms with Crippen LogP contribution in [0.2, 0.25) is 0 Å². The zero-order valence-electron chi connectivity index (χ0n) is 17.7. The molecule has 1 amide bonds. The van der Waals surface area contributed by atoms with E-state index in [-0.39, 0.29) is 10.6 Å². The summed E-state index contributed by atoms with van der Waals surface area (Å²) < 4.78 is 33.5. The number of phenolic OH excluding ortho intramolecular Hbond substituents is 1. The molecule has 0 aliphatic heterocycles. The van der Waals surface area contributed by atoms with Crippen molar-refractivity contribution in [2.45, 2.75) is 11.8 Å². The molecule has 0 saturated heterocycles. The van der Waals surface area contributed by atoms with Gasteiger partial charge in [-0.2, -0.15) is 5.10 Å². The number of benzene rings is 3. The molecule has 0 heterocycles. The number of aromatic hydroxyl groups is 1. The molecule has 8 nitrogen and oxygen atoms in total. The van der Waals surface area contributed by atoms with E-state index in [1.807, 2.05) is 0 Å². The highest BCUT2D eigenvalue weighted by molar-refractivity contribution is 9.10. The fraction of sp³-hybridized carbons (Fsp3) is 0.130. The predicted octanol–water partition coefficient (Wildman–Crippen LogP) is 3.90. The first-order chi connectivity index (χ1) is 15.8. The molecule has 33 heavy (non-hydrogen) atoms. The lowest BCUT2D eigenvalue weighted by Crippen LogP contribution is -2.39. The topological polar surface area (TPSA) is 108 Å². The molecule has 3 aromatic rings. The smallest absolute Gasteiger partial charge is 0.264 e. The van der Waals surface area contributed by atoms with Gasteiger partial charge in [0, 0.05) is 4.47 Å². The van der Waals surface area contributed by atoms with E-state index in [4.69, 9.17) is 4.74 Å². The maximum Gasteiger partial charge on any atom is 0.264 e. The van der Waals surface area contributed by atoms with E-state index in [0.717, 1.165) is 4.31 Å². The number of nitrogens with one attached hydrogen (secondary N) is 1. The van der Waals surface area contributed by atoms with Gasteiger partial charge in [-0.25, -0.2) is 13.8 Å². The highest BCUT2D eigenvalue weighted by atomic mass is 79.9. The molecule has 0 aliphatic carbocycles. The molecule has 3 aromatic carbocycles. The number of nitrogens with zero attached hydrogens (tertiary/aromatic N) is 2. The van der Waals surface area contributed by atoms with Crippen LogP contribution in [0.25, 0.3) is 0 Å². The predicted molar refractivity (Wildman–Crippen MR) is 130 cm³/mol. The van der Waals surface area contributed by atoms with Crippen LogP contribution in [-0.2, 0) is 14.8 Å². The number of sulfonamides is 1. The largest absolute Gasteiger partial charge is 0.504 e. The number of amides is 1. The number of hydrogen-bond donors (Lipinski definition) is 2. The van der Waals surface area contributed by atoms with Crippen molar-refractivity contribution in [1.82, 2.24) is 5.43 Å². The number of rotatable bonds is 9. The van der Waals surface area contributed by atoms with Crippen LogP contribution in [0, 0.1) is 0 Å². The summed E-state index contributed by atoms with van der Waals surface area (Å²) in [7, 11) is -4.00. The van der Waals surface area contributed by atoms with Crippen molar-refractivity contribution in [2.24, 2.45) is 5.10 Å². The second-order valence-electron chi connectivity index (χ2n) is 6.76. The van der Waals surface area contributed by atoms with Gasteiger partial charge in [-0.1, -0.05) is 40.2 Å².